The van der Waals surface area contributed by atoms with Crippen molar-refractivity contribution in [2.24, 2.45) is 5.92 Å². The summed E-state index contributed by atoms with van der Waals surface area (Å²) in [5.74, 6) is -0.878. The Morgan fingerprint density at radius 3 is 2.62 bits per heavy atom. The van der Waals surface area contributed by atoms with Crippen LogP contribution in [0, 0.1) is 18.7 Å². The van der Waals surface area contributed by atoms with Gasteiger partial charge in [-0.3, -0.25) is 18.9 Å². The maximum absolute atomic E-state index is 14.6. The number of aryl methyl sites for hydroxylation is 1. The number of ether oxygens (including phenoxy) is 1. The van der Waals surface area contributed by atoms with Crippen LogP contribution in [0.5, 0.6) is 5.88 Å². The second-order valence-corrected chi connectivity index (χ2v) is 10.2. The molecule has 3 aromatic heterocycles. The van der Waals surface area contributed by atoms with Gasteiger partial charge in [0.1, 0.15) is 6.61 Å². The Bertz CT molecular complexity index is 1560. The molecular formula is C28H29ClFN5O4. The number of nitrogens with one attached hydrogen (secondary N) is 1. The SMILES string of the molecule is Cc1ncc(Cl)cc1C(=O)NC1CCC(Cn2c(=O)n(-c3cnc(OCCO)c(F)c3)c3ccccc32)CC1. The van der Waals surface area contributed by atoms with Crippen LogP contribution >= 0.6 is 11.6 Å². The van der Waals surface area contributed by atoms with E-state index in [-0.39, 0.29) is 42.7 Å². The van der Waals surface area contributed by atoms with Crippen LogP contribution in [0.2, 0.25) is 5.02 Å². The van der Waals surface area contributed by atoms with Crippen molar-refractivity contribution in [2.45, 2.75) is 45.2 Å². The Kier molecular flexibility index (Phi) is 7.94. The topological polar surface area (TPSA) is 111 Å². The van der Waals surface area contributed by atoms with Crippen molar-refractivity contribution >= 4 is 28.5 Å². The van der Waals surface area contributed by atoms with Gasteiger partial charge in [-0.1, -0.05) is 23.7 Å². The lowest BCUT2D eigenvalue weighted by Crippen LogP contribution is -2.39. The maximum atomic E-state index is 14.6. The monoisotopic (exact) mass is 553 g/mol. The first-order valence-corrected chi connectivity index (χ1v) is 13.3. The van der Waals surface area contributed by atoms with Crippen LogP contribution in [-0.2, 0) is 6.54 Å². The standard InChI is InChI=1S/C28H29ClFN5O4/c1-17-22(12-19(29)14-31-17)26(37)33-20-8-6-18(7-9-20)16-34-24-4-2-3-5-25(24)35(28(34)38)21-13-23(30)27(32-15-21)39-11-10-36/h2-5,12-15,18,20,36H,6-11,16H2,1H3,(H,33,37). The lowest BCUT2D eigenvalue weighted by Gasteiger charge is -2.29. The summed E-state index contributed by atoms with van der Waals surface area (Å²) in [6.07, 6.45) is 6.18. The molecule has 39 heavy (non-hydrogen) atoms. The van der Waals surface area contributed by atoms with E-state index in [0.717, 1.165) is 31.2 Å². The number of rotatable bonds is 8. The maximum Gasteiger partial charge on any atom is 0.333 e. The number of carbonyl (C=O) groups excluding carboxylic acids is 1. The van der Waals surface area contributed by atoms with Gasteiger partial charge in [-0.05, 0) is 56.7 Å². The van der Waals surface area contributed by atoms with E-state index in [1.807, 2.05) is 24.3 Å². The molecule has 3 heterocycles. The van der Waals surface area contributed by atoms with Gasteiger partial charge in [0, 0.05) is 24.8 Å². The Labute approximate surface area is 229 Å². The first-order valence-electron chi connectivity index (χ1n) is 12.9. The molecule has 1 amide bonds. The average Bonchev–Trinajstić information content (AvgIpc) is 3.21. The van der Waals surface area contributed by atoms with Crippen molar-refractivity contribution in [2.75, 3.05) is 13.2 Å². The minimum Gasteiger partial charge on any atom is -0.473 e. The highest BCUT2D eigenvalue weighted by molar-refractivity contribution is 6.30. The number of hydrogen-bond acceptors (Lipinski definition) is 6. The number of nitrogens with zero attached hydrogens (tertiary/aromatic N) is 4. The van der Waals surface area contributed by atoms with Gasteiger partial charge in [-0.2, -0.15) is 0 Å². The zero-order valence-corrected chi connectivity index (χ0v) is 22.2. The minimum absolute atomic E-state index is 0.0332. The largest absolute Gasteiger partial charge is 0.473 e. The second kappa shape index (κ2) is 11.5. The highest BCUT2D eigenvalue weighted by Crippen LogP contribution is 2.28. The summed E-state index contributed by atoms with van der Waals surface area (Å²) >= 11 is 6.02. The van der Waals surface area contributed by atoms with E-state index < -0.39 is 5.82 Å². The third kappa shape index (κ3) is 5.67. The molecule has 5 rings (SSSR count). The van der Waals surface area contributed by atoms with Gasteiger partial charge in [0.05, 0.1) is 45.8 Å². The quantitative estimate of drug-likeness (QED) is 0.341. The Balaban J connectivity index is 1.31. The normalized spacial score (nSPS) is 17.3. The summed E-state index contributed by atoms with van der Waals surface area (Å²) in [5.41, 5.74) is 2.52. The molecule has 1 aromatic carbocycles. The molecule has 1 fully saturated rings. The fraction of sp³-hybridized carbons (Fsp3) is 0.357. The fourth-order valence-electron chi connectivity index (χ4n) is 5.17. The lowest BCUT2D eigenvalue weighted by molar-refractivity contribution is 0.0919. The first-order chi connectivity index (χ1) is 18.9. The number of pyridine rings is 2. The van der Waals surface area contributed by atoms with Gasteiger partial charge in [-0.15, -0.1) is 0 Å². The number of fused-ring (bicyclic) bond motifs is 1. The van der Waals surface area contributed by atoms with E-state index in [4.69, 9.17) is 21.4 Å². The predicted octanol–water partition coefficient (Wildman–Crippen LogP) is 4.04. The van der Waals surface area contributed by atoms with Gasteiger partial charge < -0.3 is 15.2 Å². The van der Waals surface area contributed by atoms with E-state index in [0.29, 0.717) is 34.0 Å². The van der Waals surface area contributed by atoms with E-state index in [1.54, 1.807) is 17.6 Å². The van der Waals surface area contributed by atoms with Crippen LogP contribution in [-0.4, -0.2) is 49.4 Å². The van der Waals surface area contributed by atoms with E-state index >= 15 is 0 Å². The smallest absolute Gasteiger partial charge is 0.333 e. The second-order valence-electron chi connectivity index (χ2n) is 9.75. The van der Waals surface area contributed by atoms with Crippen LogP contribution in [0.15, 0.2) is 53.6 Å². The van der Waals surface area contributed by atoms with Crippen molar-refractivity contribution in [1.29, 1.82) is 0 Å². The number of aliphatic hydroxyl groups excluding tert-OH is 1. The van der Waals surface area contributed by atoms with Crippen LogP contribution in [0.4, 0.5) is 4.39 Å². The molecule has 0 unspecified atom stereocenters. The van der Waals surface area contributed by atoms with Crippen molar-refractivity contribution in [3.63, 3.8) is 0 Å². The molecule has 1 aliphatic rings. The molecule has 0 spiro atoms. The van der Waals surface area contributed by atoms with Gasteiger partial charge >= 0.3 is 5.69 Å². The van der Waals surface area contributed by atoms with E-state index in [2.05, 4.69) is 15.3 Å². The van der Waals surface area contributed by atoms with E-state index in [1.165, 1.54) is 23.0 Å². The summed E-state index contributed by atoms with van der Waals surface area (Å²) in [6.45, 7) is 1.95. The molecule has 0 bridgehead atoms. The van der Waals surface area contributed by atoms with Crippen LogP contribution in [0.25, 0.3) is 16.7 Å². The number of aromatic nitrogens is 4. The van der Waals surface area contributed by atoms with Crippen molar-refractivity contribution in [3.05, 3.63) is 81.4 Å². The van der Waals surface area contributed by atoms with Crippen LogP contribution < -0.4 is 15.7 Å². The molecule has 1 saturated carbocycles. The molecule has 0 atom stereocenters. The zero-order valence-electron chi connectivity index (χ0n) is 21.4. The van der Waals surface area contributed by atoms with Crippen LogP contribution in [0.3, 0.4) is 0 Å². The van der Waals surface area contributed by atoms with E-state index in [9.17, 15) is 14.0 Å². The number of hydrogen-bond donors (Lipinski definition) is 2. The summed E-state index contributed by atoms with van der Waals surface area (Å²) < 4.78 is 22.9. The summed E-state index contributed by atoms with van der Waals surface area (Å²) in [5, 5.41) is 12.4. The zero-order chi connectivity index (χ0) is 27.5. The number of benzene rings is 1. The Morgan fingerprint density at radius 2 is 1.90 bits per heavy atom. The molecule has 204 valence electrons. The van der Waals surface area contributed by atoms with Crippen molar-refractivity contribution in [3.8, 4) is 11.6 Å². The number of imidazole rings is 1. The molecular weight excluding hydrogens is 525 g/mol. The summed E-state index contributed by atoms with van der Waals surface area (Å²) in [4.78, 5) is 34.5. The number of carbonyl (C=O) groups is 1. The number of aliphatic hydroxyl groups is 1. The third-order valence-corrected chi connectivity index (χ3v) is 7.34. The Hall–Kier alpha value is -3.76. The Morgan fingerprint density at radius 1 is 1.15 bits per heavy atom. The van der Waals surface area contributed by atoms with Gasteiger partial charge in [-0.25, -0.2) is 14.2 Å². The molecule has 2 N–H and O–H groups in total. The lowest BCUT2D eigenvalue weighted by atomic mass is 9.85. The highest BCUT2D eigenvalue weighted by atomic mass is 35.5. The number of halogens is 2. The third-order valence-electron chi connectivity index (χ3n) is 7.14. The number of para-hydroxylation sites is 2. The van der Waals surface area contributed by atoms with Crippen molar-refractivity contribution < 1.29 is 19.0 Å². The molecule has 9 nitrogen and oxygen atoms in total. The molecule has 0 radical (unpaired) electrons. The first kappa shape index (κ1) is 26.8. The number of amides is 1. The fourth-order valence-corrected chi connectivity index (χ4v) is 5.33. The summed E-state index contributed by atoms with van der Waals surface area (Å²) in [7, 11) is 0. The average molecular weight is 554 g/mol. The molecule has 0 aliphatic heterocycles. The van der Waals surface area contributed by atoms with Gasteiger partial charge in [0.2, 0.25) is 0 Å². The molecule has 11 heteroatoms. The van der Waals surface area contributed by atoms with Gasteiger partial charge in [0.15, 0.2) is 5.82 Å². The minimum atomic E-state index is -0.714. The predicted molar refractivity (Wildman–Crippen MR) is 145 cm³/mol. The van der Waals surface area contributed by atoms with Crippen molar-refractivity contribution in [1.82, 2.24) is 24.4 Å². The highest BCUT2D eigenvalue weighted by Gasteiger charge is 2.26. The van der Waals surface area contributed by atoms with Gasteiger partial charge in [0.25, 0.3) is 11.8 Å². The molecule has 1 aliphatic carbocycles. The molecule has 4 aromatic rings. The van der Waals surface area contributed by atoms with Crippen LogP contribution in [0.1, 0.15) is 41.7 Å². The summed E-state index contributed by atoms with van der Waals surface area (Å²) in [6, 6.07) is 10.3. The molecule has 0 saturated heterocycles.